The van der Waals surface area contributed by atoms with Crippen molar-refractivity contribution in [2.24, 2.45) is 0 Å². The van der Waals surface area contributed by atoms with Gasteiger partial charge in [0.25, 0.3) is 0 Å². The highest BCUT2D eigenvalue weighted by molar-refractivity contribution is 6.15. The number of hydrogen-bond donors (Lipinski definition) is 0. The van der Waals surface area contributed by atoms with Crippen molar-refractivity contribution < 1.29 is 4.74 Å². The fourth-order valence-electron chi connectivity index (χ4n) is 7.74. The van der Waals surface area contributed by atoms with Gasteiger partial charge in [-0.3, -0.25) is 0 Å². The molecule has 0 N–H and O–H groups in total. The number of para-hydroxylation sites is 2. The summed E-state index contributed by atoms with van der Waals surface area (Å²) in [5, 5.41) is 7.24. The average molecular weight is 638 g/mol. The molecule has 1 aliphatic rings. The van der Waals surface area contributed by atoms with Gasteiger partial charge < -0.3 is 9.64 Å². The SMILES string of the molecule is c1ccc(-c2ccc(N(c3cccc4c3Oc3ccccc3-c3ccc5ccccc5c3-4)c3cc4ccccc4c4ccccc34)cc2)cc1. The molecule has 0 saturated carbocycles. The molecule has 0 saturated heterocycles. The molecule has 0 aromatic heterocycles. The second-order valence-electron chi connectivity index (χ2n) is 12.9. The maximum atomic E-state index is 7.14. The topological polar surface area (TPSA) is 12.5 Å². The third-order valence-electron chi connectivity index (χ3n) is 10.0. The van der Waals surface area contributed by atoms with Gasteiger partial charge in [0, 0.05) is 27.8 Å². The summed E-state index contributed by atoms with van der Waals surface area (Å²) in [5.74, 6) is 1.68. The van der Waals surface area contributed by atoms with Gasteiger partial charge in [-0.15, -0.1) is 0 Å². The van der Waals surface area contributed by atoms with E-state index in [0.29, 0.717) is 0 Å². The first-order chi connectivity index (χ1) is 24.8. The van der Waals surface area contributed by atoms with E-state index in [9.17, 15) is 0 Å². The smallest absolute Gasteiger partial charge is 0.159 e. The highest BCUT2D eigenvalue weighted by atomic mass is 16.5. The van der Waals surface area contributed by atoms with Gasteiger partial charge in [0.05, 0.1) is 11.4 Å². The molecule has 0 aliphatic carbocycles. The Bertz CT molecular complexity index is 2730. The Labute approximate surface area is 291 Å². The van der Waals surface area contributed by atoms with Crippen molar-refractivity contribution in [1.82, 2.24) is 0 Å². The summed E-state index contributed by atoms with van der Waals surface area (Å²) in [5.41, 5.74) is 10.0. The van der Waals surface area contributed by atoms with Crippen LogP contribution in [0.5, 0.6) is 11.5 Å². The fraction of sp³-hybridized carbons (Fsp3) is 0. The van der Waals surface area contributed by atoms with E-state index in [0.717, 1.165) is 39.7 Å². The monoisotopic (exact) mass is 637 g/mol. The van der Waals surface area contributed by atoms with Gasteiger partial charge in [-0.05, 0) is 74.0 Å². The lowest BCUT2D eigenvalue weighted by Crippen LogP contribution is -2.12. The van der Waals surface area contributed by atoms with Crippen molar-refractivity contribution >= 4 is 49.4 Å². The molecule has 1 heterocycles. The van der Waals surface area contributed by atoms with Crippen molar-refractivity contribution in [3.63, 3.8) is 0 Å². The van der Waals surface area contributed by atoms with Crippen LogP contribution in [0.15, 0.2) is 188 Å². The Morgan fingerprint density at radius 3 is 1.84 bits per heavy atom. The Kier molecular flexibility index (Phi) is 6.53. The van der Waals surface area contributed by atoms with Crippen LogP contribution in [0, 0.1) is 0 Å². The fourth-order valence-corrected chi connectivity index (χ4v) is 7.74. The van der Waals surface area contributed by atoms with E-state index in [1.54, 1.807) is 0 Å². The molecule has 9 aromatic rings. The van der Waals surface area contributed by atoms with Gasteiger partial charge in [-0.1, -0.05) is 158 Å². The zero-order valence-electron chi connectivity index (χ0n) is 27.3. The highest BCUT2D eigenvalue weighted by Gasteiger charge is 2.28. The number of fused-ring (bicyclic) bond motifs is 10. The lowest BCUT2D eigenvalue weighted by atomic mass is 9.89. The lowest BCUT2D eigenvalue weighted by molar-refractivity contribution is 0.489. The first kappa shape index (κ1) is 28.4. The van der Waals surface area contributed by atoms with Gasteiger partial charge >= 0.3 is 0 Å². The average Bonchev–Trinajstić information content (AvgIpc) is 3.34. The second kappa shape index (κ2) is 11.5. The van der Waals surface area contributed by atoms with Crippen molar-refractivity contribution in [2.75, 3.05) is 4.90 Å². The molecule has 0 spiro atoms. The third kappa shape index (κ3) is 4.50. The molecule has 0 bridgehead atoms. The van der Waals surface area contributed by atoms with Crippen LogP contribution in [-0.2, 0) is 0 Å². The van der Waals surface area contributed by atoms with E-state index in [-0.39, 0.29) is 0 Å². The second-order valence-corrected chi connectivity index (χ2v) is 12.9. The summed E-state index contributed by atoms with van der Waals surface area (Å²) in [4.78, 5) is 2.39. The van der Waals surface area contributed by atoms with Crippen LogP contribution in [0.2, 0.25) is 0 Å². The predicted octanol–water partition coefficient (Wildman–Crippen LogP) is 13.7. The molecule has 0 atom stereocenters. The Morgan fingerprint density at radius 1 is 0.360 bits per heavy atom. The van der Waals surface area contributed by atoms with E-state index in [4.69, 9.17) is 4.74 Å². The molecule has 2 heteroatoms. The number of ether oxygens (including phenoxy) is 1. The van der Waals surface area contributed by atoms with E-state index < -0.39 is 0 Å². The van der Waals surface area contributed by atoms with Gasteiger partial charge in [0.15, 0.2) is 5.75 Å². The van der Waals surface area contributed by atoms with Crippen molar-refractivity contribution in [3.05, 3.63) is 188 Å². The van der Waals surface area contributed by atoms with E-state index in [1.165, 1.54) is 54.6 Å². The summed E-state index contributed by atoms with van der Waals surface area (Å²) in [7, 11) is 0. The lowest BCUT2D eigenvalue weighted by Gasteiger charge is -2.30. The molecule has 1 aliphatic heterocycles. The number of rotatable bonds is 4. The van der Waals surface area contributed by atoms with Crippen molar-refractivity contribution in [3.8, 4) is 44.9 Å². The van der Waals surface area contributed by atoms with Crippen LogP contribution in [-0.4, -0.2) is 0 Å². The molecular formula is C48H31NO. The largest absolute Gasteiger partial charge is 0.454 e. The van der Waals surface area contributed by atoms with Crippen LogP contribution in [0.3, 0.4) is 0 Å². The molecule has 0 radical (unpaired) electrons. The van der Waals surface area contributed by atoms with Gasteiger partial charge in [-0.25, -0.2) is 0 Å². The van der Waals surface area contributed by atoms with Crippen LogP contribution in [0.4, 0.5) is 17.1 Å². The molecular weight excluding hydrogens is 607 g/mol. The van der Waals surface area contributed by atoms with E-state index in [1.807, 2.05) is 0 Å². The van der Waals surface area contributed by atoms with Crippen molar-refractivity contribution in [1.29, 1.82) is 0 Å². The highest BCUT2D eigenvalue weighted by Crippen LogP contribution is 2.55. The minimum Gasteiger partial charge on any atom is -0.454 e. The zero-order valence-corrected chi connectivity index (χ0v) is 27.3. The number of benzene rings is 9. The van der Waals surface area contributed by atoms with Gasteiger partial charge in [0.2, 0.25) is 0 Å². The zero-order chi connectivity index (χ0) is 33.0. The molecule has 9 aromatic carbocycles. The molecule has 234 valence electrons. The standard InChI is InChI=1S/C48H31NO/c1-2-13-32(14-3-1)33-25-28-36(29-26-33)49(45-31-35-16-5-6-17-37(35)39-19-8-9-20-40(39)45)44-23-12-22-43-47-38-18-7-4-15-34(38)27-30-42(47)41-21-10-11-24-46(41)50-48(43)44/h1-31H. The van der Waals surface area contributed by atoms with Crippen LogP contribution < -0.4 is 9.64 Å². The number of nitrogens with zero attached hydrogens (tertiary/aromatic N) is 1. The number of anilines is 3. The Hall–Kier alpha value is -6.64. The van der Waals surface area contributed by atoms with Crippen molar-refractivity contribution in [2.45, 2.75) is 0 Å². The first-order valence-electron chi connectivity index (χ1n) is 17.1. The first-order valence-corrected chi connectivity index (χ1v) is 17.1. The predicted molar refractivity (Wildman–Crippen MR) is 210 cm³/mol. The Balaban J connectivity index is 1.29. The molecule has 0 unspecified atom stereocenters. The maximum absolute atomic E-state index is 7.14. The molecule has 0 amide bonds. The van der Waals surface area contributed by atoms with Crippen LogP contribution in [0.1, 0.15) is 0 Å². The van der Waals surface area contributed by atoms with E-state index in [2.05, 4.69) is 193 Å². The van der Waals surface area contributed by atoms with Gasteiger partial charge in [0.1, 0.15) is 5.75 Å². The van der Waals surface area contributed by atoms with Gasteiger partial charge in [-0.2, -0.15) is 0 Å². The maximum Gasteiger partial charge on any atom is 0.159 e. The summed E-state index contributed by atoms with van der Waals surface area (Å²) in [6.07, 6.45) is 0. The summed E-state index contributed by atoms with van der Waals surface area (Å²) >= 11 is 0. The number of hydrogen-bond acceptors (Lipinski definition) is 2. The normalized spacial score (nSPS) is 11.8. The van der Waals surface area contributed by atoms with Crippen LogP contribution in [0.25, 0.3) is 65.7 Å². The summed E-state index contributed by atoms with van der Waals surface area (Å²) in [6, 6.07) is 67.4. The molecule has 2 nitrogen and oxygen atoms in total. The van der Waals surface area contributed by atoms with E-state index >= 15 is 0 Å². The molecule has 0 fully saturated rings. The summed E-state index contributed by atoms with van der Waals surface area (Å²) < 4.78 is 7.14. The summed E-state index contributed by atoms with van der Waals surface area (Å²) in [6.45, 7) is 0. The molecule has 50 heavy (non-hydrogen) atoms. The Morgan fingerprint density at radius 2 is 1.00 bits per heavy atom. The molecule has 10 rings (SSSR count). The minimum absolute atomic E-state index is 0.833. The van der Waals surface area contributed by atoms with Crippen LogP contribution >= 0.6 is 0 Å². The quantitative estimate of drug-likeness (QED) is 0.178. The minimum atomic E-state index is 0.833. The third-order valence-corrected chi connectivity index (χ3v) is 10.0.